The van der Waals surface area contributed by atoms with Gasteiger partial charge in [-0.3, -0.25) is 14.4 Å². The third-order valence-electron chi connectivity index (χ3n) is 4.95. The minimum absolute atomic E-state index is 0.0208. The van der Waals surface area contributed by atoms with Crippen LogP contribution in [0.25, 0.3) is 0 Å². The Morgan fingerprint density at radius 2 is 2.06 bits per heavy atom. The molecule has 0 spiro atoms. The number of aliphatic hydroxyl groups excluding tert-OH is 1. The first-order valence-electron chi connectivity index (χ1n) is 9.66. The number of ether oxygens (including phenoxy) is 1. The van der Waals surface area contributed by atoms with Crippen molar-refractivity contribution in [2.24, 2.45) is 5.73 Å². The number of alkyl halides is 3. The van der Waals surface area contributed by atoms with Crippen molar-refractivity contribution in [3.63, 3.8) is 0 Å². The number of thiophene rings is 1. The van der Waals surface area contributed by atoms with Crippen molar-refractivity contribution in [3.8, 4) is 0 Å². The molecule has 2 aromatic rings. The summed E-state index contributed by atoms with van der Waals surface area (Å²) in [5.41, 5.74) is 6.11. The third kappa shape index (κ3) is 5.50. The Balaban J connectivity index is 1.79. The number of halogens is 3. The molecular weight excluding hydrogens is 465 g/mol. The lowest BCUT2D eigenvalue weighted by Crippen LogP contribution is -2.48. The number of amides is 3. The lowest BCUT2D eigenvalue weighted by molar-refractivity contribution is -0.137. The topological polar surface area (TPSA) is 143 Å². The highest BCUT2D eigenvalue weighted by atomic mass is 32.1. The van der Waals surface area contributed by atoms with Crippen molar-refractivity contribution < 1.29 is 37.4 Å². The molecule has 9 nitrogen and oxygen atoms in total. The number of anilines is 1. The van der Waals surface area contributed by atoms with Gasteiger partial charge in [-0.1, -0.05) is 12.1 Å². The van der Waals surface area contributed by atoms with E-state index in [0.717, 1.165) is 7.11 Å². The molecule has 178 valence electrons. The Labute approximate surface area is 190 Å². The van der Waals surface area contributed by atoms with E-state index in [9.17, 15) is 32.7 Å². The molecule has 1 aromatic carbocycles. The maximum Gasteiger partial charge on any atom is 0.418 e. The Kier molecular flexibility index (Phi) is 7.37. The van der Waals surface area contributed by atoms with Crippen molar-refractivity contribution in [3.05, 3.63) is 50.7 Å². The van der Waals surface area contributed by atoms with Gasteiger partial charge in [-0.15, -0.1) is 11.3 Å². The number of carbonyl (C=O) groups is 3. The van der Waals surface area contributed by atoms with Crippen LogP contribution in [-0.4, -0.2) is 48.8 Å². The highest BCUT2D eigenvalue weighted by molar-refractivity contribution is 7.16. The SMILES string of the molecule is COC(O)C(CN)NC(=O)c1sc(C(=O)NCc2cccc3c2CC(=O)N3)cc1C(F)(F)F. The van der Waals surface area contributed by atoms with E-state index in [1.54, 1.807) is 18.2 Å². The summed E-state index contributed by atoms with van der Waals surface area (Å²) in [5.74, 6) is -2.16. The first kappa shape index (κ1) is 24.6. The number of hydrogen-bond acceptors (Lipinski definition) is 7. The highest BCUT2D eigenvalue weighted by Gasteiger charge is 2.39. The number of rotatable bonds is 8. The molecule has 0 saturated carbocycles. The molecule has 2 atom stereocenters. The van der Waals surface area contributed by atoms with Crippen LogP contribution in [0.5, 0.6) is 0 Å². The van der Waals surface area contributed by atoms with E-state index in [4.69, 9.17) is 5.73 Å². The fraction of sp³-hybridized carbons (Fsp3) is 0.350. The molecule has 1 aliphatic rings. The van der Waals surface area contributed by atoms with Crippen LogP contribution in [0.4, 0.5) is 18.9 Å². The molecule has 0 radical (unpaired) electrons. The molecule has 6 N–H and O–H groups in total. The van der Waals surface area contributed by atoms with Gasteiger partial charge in [0.2, 0.25) is 5.91 Å². The van der Waals surface area contributed by atoms with Gasteiger partial charge in [-0.05, 0) is 23.3 Å². The molecule has 0 fully saturated rings. The van der Waals surface area contributed by atoms with E-state index in [-0.39, 0.29) is 30.3 Å². The molecule has 3 amide bonds. The summed E-state index contributed by atoms with van der Waals surface area (Å²) in [6.45, 7) is -0.313. The highest BCUT2D eigenvalue weighted by Crippen LogP contribution is 2.37. The number of methoxy groups -OCH3 is 1. The summed E-state index contributed by atoms with van der Waals surface area (Å²) in [7, 11) is 1.14. The normalized spacial score (nSPS) is 14.9. The van der Waals surface area contributed by atoms with E-state index < -0.39 is 40.8 Å². The van der Waals surface area contributed by atoms with Crippen LogP contribution in [-0.2, 0) is 28.7 Å². The Morgan fingerprint density at radius 1 is 1.33 bits per heavy atom. The molecule has 2 unspecified atom stereocenters. The number of hydrogen-bond donors (Lipinski definition) is 5. The van der Waals surface area contributed by atoms with Gasteiger partial charge in [0.25, 0.3) is 11.8 Å². The van der Waals surface area contributed by atoms with Crippen LogP contribution in [0.3, 0.4) is 0 Å². The molecule has 13 heteroatoms. The summed E-state index contributed by atoms with van der Waals surface area (Å²) in [4.78, 5) is 35.6. The van der Waals surface area contributed by atoms with E-state index in [0.29, 0.717) is 34.2 Å². The molecule has 1 aliphatic heterocycles. The van der Waals surface area contributed by atoms with Crippen LogP contribution in [0, 0.1) is 0 Å². The minimum atomic E-state index is -4.90. The third-order valence-corrected chi connectivity index (χ3v) is 6.08. The summed E-state index contributed by atoms with van der Waals surface area (Å²) < 4.78 is 45.2. The standard InChI is InChI=1S/C20H21F3N4O5S/c1-32-19(31)13(7-24)27-18(30)16-11(20(21,22)23)6-14(33-16)17(29)25-8-9-3-2-4-12-10(9)5-15(28)26-12/h2-4,6,13,19,31H,5,7-8,24H2,1H3,(H,25,29)(H,26,28)(H,27,30). The van der Waals surface area contributed by atoms with Crippen molar-refractivity contribution in [2.45, 2.75) is 31.5 Å². The fourth-order valence-electron chi connectivity index (χ4n) is 3.27. The van der Waals surface area contributed by atoms with Gasteiger partial charge in [0.1, 0.15) is 4.88 Å². The first-order chi connectivity index (χ1) is 15.5. The van der Waals surface area contributed by atoms with Gasteiger partial charge in [-0.2, -0.15) is 13.2 Å². The predicted molar refractivity (Wildman–Crippen MR) is 113 cm³/mol. The number of nitrogens with two attached hydrogens (primary N) is 1. The predicted octanol–water partition coefficient (Wildman–Crippen LogP) is 1.21. The van der Waals surface area contributed by atoms with Crippen LogP contribution in [0.2, 0.25) is 0 Å². The number of aliphatic hydroxyl groups is 1. The minimum Gasteiger partial charge on any atom is -0.366 e. The van der Waals surface area contributed by atoms with Gasteiger partial charge >= 0.3 is 6.18 Å². The zero-order valence-electron chi connectivity index (χ0n) is 17.3. The summed E-state index contributed by atoms with van der Waals surface area (Å²) in [6.07, 6.45) is -6.28. The van der Waals surface area contributed by atoms with E-state index >= 15 is 0 Å². The molecule has 33 heavy (non-hydrogen) atoms. The maximum atomic E-state index is 13.5. The van der Waals surface area contributed by atoms with E-state index in [2.05, 4.69) is 20.7 Å². The van der Waals surface area contributed by atoms with Crippen LogP contribution in [0.15, 0.2) is 24.3 Å². The maximum absolute atomic E-state index is 13.5. The number of nitrogens with one attached hydrogen (secondary N) is 3. The Morgan fingerprint density at radius 3 is 2.70 bits per heavy atom. The molecule has 0 aliphatic carbocycles. The molecule has 0 saturated heterocycles. The zero-order chi connectivity index (χ0) is 24.3. The fourth-order valence-corrected chi connectivity index (χ4v) is 4.27. The van der Waals surface area contributed by atoms with Crippen molar-refractivity contribution in [1.82, 2.24) is 10.6 Å². The zero-order valence-corrected chi connectivity index (χ0v) is 18.1. The second-order valence-electron chi connectivity index (χ2n) is 7.14. The second kappa shape index (κ2) is 9.87. The quantitative estimate of drug-likeness (QED) is 0.355. The number of fused-ring (bicyclic) bond motifs is 1. The Hall–Kier alpha value is -3.00. The number of benzene rings is 1. The smallest absolute Gasteiger partial charge is 0.366 e. The average molecular weight is 486 g/mol. The van der Waals surface area contributed by atoms with Gasteiger partial charge < -0.3 is 31.5 Å². The van der Waals surface area contributed by atoms with Gasteiger partial charge in [0.15, 0.2) is 6.29 Å². The largest absolute Gasteiger partial charge is 0.418 e. The van der Waals surface area contributed by atoms with Gasteiger partial charge in [0, 0.05) is 25.9 Å². The number of carbonyl (C=O) groups excluding carboxylic acids is 3. The first-order valence-corrected chi connectivity index (χ1v) is 10.5. The molecule has 0 bridgehead atoms. The van der Waals surface area contributed by atoms with Gasteiger partial charge in [0.05, 0.1) is 22.9 Å². The summed E-state index contributed by atoms with van der Waals surface area (Å²) >= 11 is 0.362. The van der Waals surface area contributed by atoms with Crippen LogP contribution >= 0.6 is 11.3 Å². The van der Waals surface area contributed by atoms with E-state index in [1.165, 1.54) is 0 Å². The Bertz CT molecular complexity index is 1070. The van der Waals surface area contributed by atoms with Gasteiger partial charge in [-0.25, -0.2) is 0 Å². The molecule has 3 rings (SSSR count). The lowest BCUT2D eigenvalue weighted by atomic mass is 10.0. The van der Waals surface area contributed by atoms with Crippen molar-refractivity contribution >= 4 is 34.7 Å². The molecule has 2 heterocycles. The van der Waals surface area contributed by atoms with Crippen LogP contribution < -0.4 is 21.7 Å². The monoisotopic (exact) mass is 486 g/mol. The van der Waals surface area contributed by atoms with Crippen molar-refractivity contribution in [1.29, 1.82) is 0 Å². The summed E-state index contributed by atoms with van der Waals surface area (Å²) in [5, 5.41) is 17.1. The van der Waals surface area contributed by atoms with Crippen molar-refractivity contribution in [2.75, 3.05) is 19.0 Å². The molecular formula is C20H21F3N4O5S. The molecule has 1 aromatic heterocycles. The van der Waals surface area contributed by atoms with E-state index in [1.807, 2.05) is 0 Å². The van der Waals surface area contributed by atoms with Crippen LogP contribution in [0.1, 0.15) is 36.0 Å². The summed E-state index contributed by atoms with van der Waals surface area (Å²) in [6, 6.07) is 4.53. The average Bonchev–Trinajstić information content (AvgIpc) is 3.38. The lowest BCUT2D eigenvalue weighted by Gasteiger charge is -2.21. The second-order valence-corrected chi connectivity index (χ2v) is 8.20.